The van der Waals surface area contributed by atoms with Crippen molar-refractivity contribution in [1.82, 2.24) is 4.90 Å². The van der Waals surface area contributed by atoms with Crippen LogP contribution in [0.15, 0.2) is 0 Å². The van der Waals surface area contributed by atoms with E-state index < -0.39 is 22.4 Å². The summed E-state index contributed by atoms with van der Waals surface area (Å²) in [6.45, 7) is 0. The van der Waals surface area contributed by atoms with Crippen molar-refractivity contribution in [3.8, 4) is 0 Å². The van der Waals surface area contributed by atoms with E-state index in [1.807, 2.05) is 0 Å². The highest BCUT2D eigenvalue weighted by Gasteiger charge is 2.41. The van der Waals surface area contributed by atoms with Crippen LogP contribution in [-0.2, 0) is 9.59 Å². The third-order valence-corrected chi connectivity index (χ3v) is 2.39. The molecule has 1 aliphatic rings. The molecule has 0 radical (unpaired) electrons. The highest BCUT2D eigenvalue weighted by Crippen LogP contribution is 2.25. The Labute approximate surface area is 66.4 Å². The van der Waals surface area contributed by atoms with Gasteiger partial charge in [-0.05, 0) is 11.8 Å². The van der Waals surface area contributed by atoms with Gasteiger partial charge in [-0.15, -0.1) is 0 Å². The van der Waals surface area contributed by atoms with Gasteiger partial charge in [-0.3, -0.25) is 19.3 Å². The minimum Gasteiger partial charge on any atom is -0.480 e. The summed E-state index contributed by atoms with van der Waals surface area (Å²) in [6, 6.07) is 0. The highest BCUT2D eigenvalue weighted by molar-refractivity contribution is 8.15. The van der Waals surface area contributed by atoms with Crippen molar-refractivity contribution >= 4 is 28.9 Å². The molecule has 1 heterocycles. The lowest BCUT2D eigenvalue weighted by Gasteiger charge is -2.02. The van der Waals surface area contributed by atoms with Crippen LogP contribution in [0.2, 0.25) is 0 Å². The first-order valence-electron chi connectivity index (χ1n) is 2.75. The largest absolute Gasteiger partial charge is 0.480 e. The number of carboxylic acid groups (broad SMARTS) is 1. The third-order valence-electron chi connectivity index (χ3n) is 1.27. The van der Waals surface area contributed by atoms with Gasteiger partial charge >= 0.3 is 5.97 Å². The molecule has 11 heavy (non-hydrogen) atoms. The second kappa shape index (κ2) is 2.54. The maximum Gasteiger partial charge on any atom is 0.326 e. The van der Waals surface area contributed by atoms with E-state index >= 15 is 0 Å². The molecule has 0 aliphatic carbocycles. The Kier molecular flexibility index (Phi) is 1.86. The Bertz CT molecular complexity index is 239. The summed E-state index contributed by atoms with van der Waals surface area (Å²) in [7, 11) is 1.26. The molecule has 0 aromatic rings. The van der Waals surface area contributed by atoms with Crippen molar-refractivity contribution < 1.29 is 19.5 Å². The Morgan fingerprint density at radius 3 is 2.36 bits per heavy atom. The van der Waals surface area contributed by atoms with Crippen molar-refractivity contribution in [3.05, 3.63) is 0 Å². The lowest BCUT2D eigenvalue weighted by atomic mass is 10.4. The predicted octanol–water partition coefficient (Wildman–Crippen LogP) is -0.235. The molecule has 0 aromatic carbocycles. The first kappa shape index (κ1) is 8.06. The van der Waals surface area contributed by atoms with Crippen LogP contribution in [0.5, 0.6) is 0 Å². The first-order chi connectivity index (χ1) is 5.04. The SMILES string of the molecule is CN1C(=O)SC(C(=O)O)C1=O. The lowest BCUT2D eigenvalue weighted by molar-refractivity contribution is -0.141. The smallest absolute Gasteiger partial charge is 0.326 e. The molecule has 0 aromatic heterocycles. The zero-order valence-electron chi connectivity index (χ0n) is 5.60. The van der Waals surface area contributed by atoms with Crippen LogP contribution in [0.1, 0.15) is 0 Å². The van der Waals surface area contributed by atoms with Crippen LogP contribution in [0.25, 0.3) is 0 Å². The van der Waals surface area contributed by atoms with Crippen LogP contribution >= 0.6 is 11.8 Å². The van der Waals surface area contributed by atoms with E-state index in [0.717, 1.165) is 4.90 Å². The molecular weight excluding hydrogens is 170 g/mol. The van der Waals surface area contributed by atoms with Gasteiger partial charge in [0.15, 0.2) is 5.25 Å². The zero-order chi connectivity index (χ0) is 8.59. The number of carbonyl (C=O) groups excluding carboxylic acids is 2. The molecule has 60 valence electrons. The van der Waals surface area contributed by atoms with E-state index in [-0.39, 0.29) is 0 Å². The second-order valence-electron chi connectivity index (χ2n) is 2.00. The summed E-state index contributed by atoms with van der Waals surface area (Å²) < 4.78 is 0. The number of imide groups is 1. The molecule has 2 amide bonds. The molecule has 1 unspecified atom stereocenters. The number of thioether (sulfide) groups is 1. The Hall–Kier alpha value is -1.04. The maximum absolute atomic E-state index is 10.9. The molecule has 0 spiro atoms. The summed E-state index contributed by atoms with van der Waals surface area (Å²) in [6.07, 6.45) is 0. The number of carboxylic acids is 1. The van der Waals surface area contributed by atoms with Crippen LogP contribution in [0.4, 0.5) is 4.79 Å². The molecule has 1 aliphatic heterocycles. The van der Waals surface area contributed by atoms with Crippen LogP contribution < -0.4 is 0 Å². The molecule has 1 saturated heterocycles. The van der Waals surface area contributed by atoms with E-state index in [4.69, 9.17) is 5.11 Å². The summed E-state index contributed by atoms with van der Waals surface area (Å²) in [4.78, 5) is 32.7. The lowest BCUT2D eigenvalue weighted by Crippen LogP contribution is -2.31. The Morgan fingerprint density at radius 1 is 1.64 bits per heavy atom. The standard InChI is InChI=1S/C5H5NO4S/c1-6-3(7)2(4(8)9)11-5(6)10/h2H,1H3,(H,8,9). The maximum atomic E-state index is 10.9. The van der Waals surface area contributed by atoms with Gasteiger partial charge in [0.05, 0.1) is 0 Å². The van der Waals surface area contributed by atoms with Gasteiger partial charge in [0, 0.05) is 7.05 Å². The molecule has 6 heteroatoms. The molecule has 5 nitrogen and oxygen atoms in total. The van der Waals surface area contributed by atoms with Gasteiger partial charge in [-0.2, -0.15) is 0 Å². The van der Waals surface area contributed by atoms with Crippen molar-refractivity contribution in [2.45, 2.75) is 5.25 Å². The number of rotatable bonds is 1. The van der Waals surface area contributed by atoms with Crippen molar-refractivity contribution in [3.63, 3.8) is 0 Å². The van der Waals surface area contributed by atoms with E-state index in [1.54, 1.807) is 0 Å². The molecule has 1 rings (SSSR count). The number of amides is 2. The summed E-state index contributed by atoms with van der Waals surface area (Å²) >= 11 is 0.528. The molecule has 1 N–H and O–H groups in total. The third kappa shape index (κ3) is 1.21. The summed E-state index contributed by atoms with van der Waals surface area (Å²) in [5, 5.41) is 6.64. The predicted molar refractivity (Wildman–Crippen MR) is 37.2 cm³/mol. The Morgan fingerprint density at radius 2 is 2.18 bits per heavy atom. The van der Waals surface area contributed by atoms with Gasteiger partial charge < -0.3 is 5.11 Å². The van der Waals surface area contributed by atoms with Crippen LogP contribution in [0.3, 0.4) is 0 Å². The zero-order valence-corrected chi connectivity index (χ0v) is 6.42. The van der Waals surface area contributed by atoms with E-state index in [2.05, 4.69) is 0 Å². The average Bonchev–Trinajstić information content (AvgIpc) is 2.17. The van der Waals surface area contributed by atoms with Crippen molar-refractivity contribution in [2.75, 3.05) is 7.05 Å². The number of aliphatic carboxylic acids is 1. The van der Waals surface area contributed by atoms with Gasteiger partial charge in [0.25, 0.3) is 11.1 Å². The number of hydrogen-bond acceptors (Lipinski definition) is 4. The van der Waals surface area contributed by atoms with E-state index in [0.29, 0.717) is 11.8 Å². The quantitative estimate of drug-likeness (QED) is 0.557. The van der Waals surface area contributed by atoms with E-state index in [9.17, 15) is 14.4 Å². The average molecular weight is 175 g/mol. The van der Waals surface area contributed by atoms with Crippen molar-refractivity contribution in [1.29, 1.82) is 0 Å². The topological polar surface area (TPSA) is 74.7 Å². The second-order valence-corrected chi connectivity index (χ2v) is 3.06. The summed E-state index contributed by atoms with van der Waals surface area (Å²) in [5.41, 5.74) is 0. The number of hydrogen-bond donors (Lipinski definition) is 1. The Balaban J connectivity index is 2.83. The molecule has 0 bridgehead atoms. The number of nitrogens with zero attached hydrogens (tertiary/aromatic N) is 1. The molecule has 1 fully saturated rings. The first-order valence-corrected chi connectivity index (χ1v) is 3.63. The van der Waals surface area contributed by atoms with Gasteiger partial charge in [0.1, 0.15) is 0 Å². The minimum absolute atomic E-state index is 0.512. The monoisotopic (exact) mass is 175 g/mol. The molecule has 1 atom stereocenters. The van der Waals surface area contributed by atoms with Crippen LogP contribution in [0, 0.1) is 0 Å². The van der Waals surface area contributed by atoms with Gasteiger partial charge in [0.2, 0.25) is 0 Å². The fourth-order valence-electron chi connectivity index (χ4n) is 0.652. The van der Waals surface area contributed by atoms with Gasteiger partial charge in [-0.25, -0.2) is 0 Å². The fraction of sp³-hybridized carbons (Fsp3) is 0.400. The normalized spacial score (nSPS) is 24.5. The fourth-order valence-corrected chi connectivity index (χ4v) is 1.46. The highest BCUT2D eigenvalue weighted by atomic mass is 32.2. The minimum atomic E-state index is -1.27. The number of carbonyl (C=O) groups is 3. The van der Waals surface area contributed by atoms with E-state index in [1.165, 1.54) is 7.05 Å². The molecule has 0 saturated carbocycles. The molecular formula is C5H5NO4S. The summed E-state index contributed by atoms with van der Waals surface area (Å²) in [5.74, 6) is -1.93. The van der Waals surface area contributed by atoms with Gasteiger partial charge in [-0.1, -0.05) is 0 Å². The van der Waals surface area contributed by atoms with Crippen LogP contribution in [-0.4, -0.2) is 39.4 Å². The van der Waals surface area contributed by atoms with Crippen molar-refractivity contribution in [2.24, 2.45) is 0 Å².